The maximum absolute atomic E-state index is 12.5. The van der Waals surface area contributed by atoms with Crippen molar-refractivity contribution in [2.45, 2.75) is 6.92 Å². The Morgan fingerprint density at radius 1 is 1.07 bits per heavy atom. The number of hydrogen-bond donors (Lipinski definition) is 1. The third kappa shape index (κ3) is 3.75. The zero-order valence-electron chi connectivity index (χ0n) is 14.3. The molecule has 0 aliphatic rings. The van der Waals surface area contributed by atoms with Crippen LogP contribution in [-0.2, 0) is 0 Å². The standard InChI is InChI=1S/C21H14BrClN2O2/c1-12-2-8-16(17(23)10-12)20(26)24-15-7-9-19-18(11-15)25-21(27-19)13-3-5-14(22)6-4-13/h2-11H,1H3,(H,24,26). The van der Waals surface area contributed by atoms with Crippen molar-refractivity contribution in [2.75, 3.05) is 5.32 Å². The number of rotatable bonds is 3. The van der Waals surface area contributed by atoms with Crippen molar-refractivity contribution < 1.29 is 9.21 Å². The van der Waals surface area contributed by atoms with E-state index in [-0.39, 0.29) is 5.91 Å². The molecule has 1 N–H and O–H groups in total. The smallest absolute Gasteiger partial charge is 0.257 e. The minimum absolute atomic E-state index is 0.268. The Labute approximate surface area is 169 Å². The van der Waals surface area contributed by atoms with Crippen molar-refractivity contribution in [3.05, 3.63) is 81.3 Å². The molecule has 0 radical (unpaired) electrons. The fraction of sp³-hybridized carbons (Fsp3) is 0.0476. The van der Waals surface area contributed by atoms with Gasteiger partial charge in [-0.15, -0.1) is 0 Å². The average Bonchev–Trinajstić information content (AvgIpc) is 3.05. The Hall–Kier alpha value is -2.63. The summed E-state index contributed by atoms with van der Waals surface area (Å²) in [5.74, 6) is 0.263. The van der Waals surface area contributed by atoms with Crippen LogP contribution in [0.15, 0.2) is 69.6 Å². The number of nitrogens with one attached hydrogen (secondary N) is 1. The van der Waals surface area contributed by atoms with Crippen molar-refractivity contribution in [3.63, 3.8) is 0 Å². The molecule has 6 heteroatoms. The van der Waals surface area contributed by atoms with E-state index in [4.69, 9.17) is 16.0 Å². The largest absolute Gasteiger partial charge is 0.436 e. The highest BCUT2D eigenvalue weighted by Crippen LogP contribution is 2.27. The highest BCUT2D eigenvalue weighted by atomic mass is 79.9. The van der Waals surface area contributed by atoms with E-state index < -0.39 is 0 Å². The number of carbonyl (C=O) groups is 1. The first-order valence-electron chi connectivity index (χ1n) is 8.23. The van der Waals surface area contributed by atoms with Crippen LogP contribution in [0.5, 0.6) is 0 Å². The lowest BCUT2D eigenvalue weighted by Crippen LogP contribution is -2.12. The number of carbonyl (C=O) groups excluding carboxylic acids is 1. The molecular formula is C21H14BrClN2O2. The number of halogens is 2. The molecule has 0 saturated heterocycles. The highest BCUT2D eigenvalue weighted by Gasteiger charge is 2.13. The van der Waals surface area contributed by atoms with Crippen molar-refractivity contribution in [3.8, 4) is 11.5 Å². The van der Waals surface area contributed by atoms with Crippen molar-refractivity contribution in [1.29, 1.82) is 0 Å². The minimum atomic E-state index is -0.268. The molecule has 4 aromatic rings. The van der Waals surface area contributed by atoms with Gasteiger partial charge in [-0.25, -0.2) is 4.98 Å². The van der Waals surface area contributed by atoms with E-state index in [2.05, 4.69) is 26.2 Å². The summed E-state index contributed by atoms with van der Waals surface area (Å²) in [7, 11) is 0. The van der Waals surface area contributed by atoms with Gasteiger partial charge in [0.25, 0.3) is 5.91 Å². The normalized spacial score (nSPS) is 10.9. The molecule has 0 saturated carbocycles. The summed E-state index contributed by atoms with van der Waals surface area (Å²) in [6, 6.07) is 18.4. The van der Waals surface area contributed by atoms with Gasteiger partial charge in [-0.1, -0.05) is 33.6 Å². The third-order valence-corrected chi connectivity index (χ3v) is 4.95. The number of aryl methyl sites for hydroxylation is 1. The van der Waals surface area contributed by atoms with Crippen LogP contribution in [0.1, 0.15) is 15.9 Å². The maximum Gasteiger partial charge on any atom is 0.257 e. The predicted molar refractivity (Wildman–Crippen MR) is 111 cm³/mol. The van der Waals surface area contributed by atoms with E-state index in [0.717, 1.165) is 15.6 Å². The van der Waals surface area contributed by atoms with Gasteiger partial charge in [0.15, 0.2) is 5.58 Å². The van der Waals surface area contributed by atoms with E-state index in [0.29, 0.717) is 33.3 Å². The summed E-state index contributed by atoms with van der Waals surface area (Å²) < 4.78 is 6.80. The number of aromatic nitrogens is 1. The van der Waals surface area contributed by atoms with E-state index in [1.165, 1.54) is 0 Å². The van der Waals surface area contributed by atoms with Gasteiger partial charge in [-0.3, -0.25) is 4.79 Å². The Morgan fingerprint density at radius 2 is 1.85 bits per heavy atom. The summed E-state index contributed by atoms with van der Waals surface area (Å²) in [6.07, 6.45) is 0. The van der Waals surface area contributed by atoms with E-state index in [1.54, 1.807) is 30.3 Å². The quantitative estimate of drug-likeness (QED) is 0.396. The highest BCUT2D eigenvalue weighted by molar-refractivity contribution is 9.10. The molecule has 4 rings (SSSR count). The molecule has 1 heterocycles. The lowest BCUT2D eigenvalue weighted by atomic mass is 10.1. The number of nitrogens with zero attached hydrogens (tertiary/aromatic N) is 1. The minimum Gasteiger partial charge on any atom is -0.436 e. The van der Waals surface area contributed by atoms with Crippen LogP contribution >= 0.6 is 27.5 Å². The molecule has 4 nitrogen and oxygen atoms in total. The number of benzene rings is 3. The Morgan fingerprint density at radius 3 is 2.59 bits per heavy atom. The van der Waals surface area contributed by atoms with Gasteiger partial charge in [0.2, 0.25) is 5.89 Å². The number of hydrogen-bond acceptors (Lipinski definition) is 3. The number of amides is 1. The predicted octanol–water partition coefficient (Wildman–Crippen LogP) is 6.47. The third-order valence-electron chi connectivity index (χ3n) is 4.11. The summed E-state index contributed by atoms with van der Waals surface area (Å²) in [5.41, 5.74) is 4.25. The van der Waals surface area contributed by atoms with Gasteiger partial charge in [0.05, 0.1) is 10.6 Å². The topological polar surface area (TPSA) is 55.1 Å². The van der Waals surface area contributed by atoms with Crippen LogP contribution < -0.4 is 5.32 Å². The van der Waals surface area contributed by atoms with Crippen LogP contribution in [0, 0.1) is 6.92 Å². The molecule has 27 heavy (non-hydrogen) atoms. The summed E-state index contributed by atoms with van der Waals surface area (Å²) >= 11 is 9.59. The van der Waals surface area contributed by atoms with Crippen LogP contribution in [0.3, 0.4) is 0 Å². The molecule has 1 aromatic heterocycles. The zero-order chi connectivity index (χ0) is 19.0. The second kappa shape index (κ2) is 7.18. The Kier molecular flexibility index (Phi) is 4.72. The van der Waals surface area contributed by atoms with Crippen LogP contribution in [0.4, 0.5) is 5.69 Å². The number of anilines is 1. The van der Waals surface area contributed by atoms with Gasteiger partial charge in [-0.05, 0) is 67.1 Å². The SMILES string of the molecule is Cc1ccc(C(=O)Nc2ccc3oc(-c4ccc(Br)cc4)nc3c2)c(Cl)c1. The van der Waals surface area contributed by atoms with Gasteiger partial charge >= 0.3 is 0 Å². The Bertz CT molecular complexity index is 1150. The lowest BCUT2D eigenvalue weighted by Gasteiger charge is -2.07. The fourth-order valence-electron chi connectivity index (χ4n) is 2.72. The second-order valence-electron chi connectivity index (χ2n) is 6.15. The van der Waals surface area contributed by atoms with Crippen molar-refractivity contribution in [1.82, 2.24) is 4.98 Å². The van der Waals surface area contributed by atoms with Crippen molar-refractivity contribution in [2.24, 2.45) is 0 Å². The molecule has 134 valence electrons. The molecule has 0 bridgehead atoms. The average molecular weight is 442 g/mol. The molecule has 3 aromatic carbocycles. The maximum atomic E-state index is 12.5. The molecule has 0 fully saturated rings. The van der Waals surface area contributed by atoms with Gasteiger partial charge in [0.1, 0.15) is 5.52 Å². The molecule has 0 unspecified atom stereocenters. The van der Waals surface area contributed by atoms with E-state index in [1.807, 2.05) is 37.3 Å². The van der Waals surface area contributed by atoms with Crippen LogP contribution in [0.25, 0.3) is 22.6 Å². The summed E-state index contributed by atoms with van der Waals surface area (Å²) in [6.45, 7) is 1.93. The molecule has 1 amide bonds. The van der Waals surface area contributed by atoms with Gasteiger partial charge in [-0.2, -0.15) is 0 Å². The first-order valence-corrected chi connectivity index (χ1v) is 9.41. The van der Waals surface area contributed by atoms with Crippen LogP contribution in [-0.4, -0.2) is 10.9 Å². The van der Waals surface area contributed by atoms with Gasteiger partial charge in [0, 0.05) is 15.7 Å². The van der Waals surface area contributed by atoms with Crippen LogP contribution in [0.2, 0.25) is 5.02 Å². The fourth-order valence-corrected chi connectivity index (χ4v) is 3.31. The van der Waals surface area contributed by atoms with E-state index >= 15 is 0 Å². The molecule has 0 atom stereocenters. The summed E-state index contributed by atoms with van der Waals surface area (Å²) in [5, 5.41) is 3.28. The first-order chi connectivity index (χ1) is 13.0. The summed E-state index contributed by atoms with van der Waals surface area (Å²) in [4.78, 5) is 17.0. The molecule has 0 aliphatic heterocycles. The molecule has 0 aliphatic carbocycles. The monoisotopic (exact) mass is 440 g/mol. The van der Waals surface area contributed by atoms with Gasteiger partial charge < -0.3 is 9.73 Å². The first kappa shape index (κ1) is 17.8. The number of oxazole rings is 1. The number of fused-ring (bicyclic) bond motifs is 1. The molecular weight excluding hydrogens is 428 g/mol. The van der Waals surface area contributed by atoms with Crippen molar-refractivity contribution >= 4 is 50.2 Å². The lowest BCUT2D eigenvalue weighted by molar-refractivity contribution is 0.102. The Balaban J connectivity index is 1.61. The molecule has 0 spiro atoms. The second-order valence-corrected chi connectivity index (χ2v) is 7.47. The van der Waals surface area contributed by atoms with E-state index in [9.17, 15) is 4.79 Å². The zero-order valence-corrected chi connectivity index (χ0v) is 16.6.